The number of aliphatic hydroxyl groups excluding tert-OH is 1. The van der Waals surface area contributed by atoms with Crippen LogP contribution in [0.1, 0.15) is 6.92 Å². The Labute approximate surface area is 173 Å². The number of nitrogens with zero attached hydrogens (tertiary/aromatic N) is 3. The van der Waals surface area contributed by atoms with Crippen molar-refractivity contribution >= 4 is 29.2 Å². The molecule has 1 aromatic rings. The molecule has 1 heterocycles. The van der Waals surface area contributed by atoms with E-state index >= 15 is 0 Å². The van der Waals surface area contributed by atoms with E-state index in [-0.39, 0.29) is 19.1 Å². The first-order valence-electron chi connectivity index (χ1n) is 9.16. The van der Waals surface area contributed by atoms with E-state index in [1.54, 1.807) is 0 Å². The standard InChI is InChI=1S/C17H27N5O6S/c1-13(23)21(29-9-8-28-22(25)26)7-6-18-10-14(24)11-27-16-5-3-4-15-17(16)20(2)12-19-15/h3-5,14,18-19,24H,6-12H2,1-2H3. The van der Waals surface area contributed by atoms with Crippen LogP contribution >= 0.6 is 11.9 Å². The topological polar surface area (TPSA) is 129 Å². The second kappa shape index (κ2) is 11.5. The van der Waals surface area contributed by atoms with Gasteiger partial charge in [-0.1, -0.05) is 6.07 Å². The summed E-state index contributed by atoms with van der Waals surface area (Å²) in [5.74, 6) is 0.851. The van der Waals surface area contributed by atoms with Gasteiger partial charge in [0.1, 0.15) is 30.8 Å². The summed E-state index contributed by atoms with van der Waals surface area (Å²) in [6, 6.07) is 5.74. The number of hydrogen-bond acceptors (Lipinski definition) is 10. The van der Waals surface area contributed by atoms with Crippen molar-refractivity contribution in [3.63, 3.8) is 0 Å². The number of hydrogen-bond donors (Lipinski definition) is 3. The highest BCUT2D eigenvalue weighted by atomic mass is 32.2. The van der Waals surface area contributed by atoms with Crippen molar-refractivity contribution in [2.45, 2.75) is 13.0 Å². The number of carbonyl (C=O) groups is 1. The fourth-order valence-corrected chi connectivity index (χ4v) is 3.50. The molecule has 0 spiro atoms. The first kappa shape index (κ1) is 22.8. The summed E-state index contributed by atoms with van der Waals surface area (Å²) in [6.45, 7) is 3.36. The molecule has 0 radical (unpaired) electrons. The predicted molar refractivity (Wildman–Crippen MR) is 110 cm³/mol. The third-order valence-corrected chi connectivity index (χ3v) is 5.17. The van der Waals surface area contributed by atoms with E-state index in [4.69, 9.17) is 4.74 Å². The van der Waals surface area contributed by atoms with Crippen molar-refractivity contribution in [2.24, 2.45) is 0 Å². The molecule has 0 saturated carbocycles. The summed E-state index contributed by atoms with van der Waals surface area (Å²) in [6.07, 6.45) is -0.711. The minimum absolute atomic E-state index is 0.0845. The van der Waals surface area contributed by atoms with Gasteiger partial charge in [0, 0.05) is 39.4 Å². The molecule has 0 fully saturated rings. The fraction of sp³-hybridized carbons (Fsp3) is 0.588. The Kier molecular flexibility index (Phi) is 9.09. The lowest BCUT2D eigenvalue weighted by atomic mass is 10.2. The zero-order valence-electron chi connectivity index (χ0n) is 16.5. The van der Waals surface area contributed by atoms with Gasteiger partial charge in [0.15, 0.2) is 0 Å². The molecule has 1 aliphatic heterocycles. The van der Waals surface area contributed by atoms with Crippen LogP contribution in [0.2, 0.25) is 0 Å². The first-order chi connectivity index (χ1) is 13.9. The van der Waals surface area contributed by atoms with Crippen LogP contribution in [0.4, 0.5) is 11.4 Å². The Morgan fingerprint density at radius 3 is 3.07 bits per heavy atom. The molecule has 1 atom stereocenters. The van der Waals surface area contributed by atoms with Gasteiger partial charge in [-0.2, -0.15) is 0 Å². The highest BCUT2D eigenvalue weighted by Gasteiger charge is 2.20. The molecule has 162 valence electrons. The number of amides is 1. The van der Waals surface area contributed by atoms with E-state index in [0.717, 1.165) is 11.4 Å². The molecule has 0 aromatic heterocycles. The van der Waals surface area contributed by atoms with Crippen LogP contribution in [-0.2, 0) is 9.63 Å². The number of rotatable bonds is 13. The maximum atomic E-state index is 11.6. The number of anilines is 2. The number of carbonyl (C=O) groups excluding carboxylic acids is 1. The van der Waals surface area contributed by atoms with E-state index in [1.807, 2.05) is 30.1 Å². The van der Waals surface area contributed by atoms with Crippen LogP contribution in [-0.4, -0.2) is 78.8 Å². The predicted octanol–water partition coefficient (Wildman–Crippen LogP) is 0.540. The molecule has 29 heavy (non-hydrogen) atoms. The van der Waals surface area contributed by atoms with E-state index in [1.165, 1.54) is 23.2 Å². The summed E-state index contributed by atoms with van der Waals surface area (Å²) >= 11 is 1.17. The highest BCUT2D eigenvalue weighted by molar-refractivity contribution is 7.97. The van der Waals surface area contributed by atoms with E-state index in [2.05, 4.69) is 15.5 Å². The van der Waals surface area contributed by atoms with Gasteiger partial charge in [-0.05, 0) is 24.1 Å². The van der Waals surface area contributed by atoms with Crippen molar-refractivity contribution in [1.29, 1.82) is 0 Å². The monoisotopic (exact) mass is 429 g/mol. The van der Waals surface area contributed by atoms with Gasteiger partial charge in [-0.15, -0.1) is 10.1 Å². The van der Waals surface area contributed by atoms with Gasteiger partial charge in [0.05, 0.1) is 12.4 Å². The number of benzene rings is 1. The Balaban J connectivity index is 1.65. The van der Waals surface area contributed by atoms with Crippen molar-refractivity contribution in [3.05, 3.63) is 28.3 Å². The number of ether oxygens (including phenoxy) is 1. The van der Waals surface area contributed by atoms with Crippen LogP contribution in [0, 0.1) is 10.1 Å². The number of para-hydroxylation sites is 1. The molecule has 1 unspecified atom stereocenters. The van der Waals surface area contributed by atoms with Crippen molar-refractivity contribution in [1.82, 2.24) is 9.62 Å². The number of nitrogens with one attached hydrogen (secondary N) is 2. The van der Waals surface area contributed by atoms with Crippen molar-refractivity contribution < 1.29 is 24.6 Å². The van der Waals surface area contributed by atoms with E-state index < -0.39 is 11.2 Å². The molecule has 3 N–H and O–H groups in total. The Bertz CT molecular complexity index is 694. The quantitative estimate of drug-likeness (QED) is 0.177. The summed E-state index contributed by atoms with van der Waals surface area (Å²) in [4.78, 5) is 28.0. The van der Waals surface area contributed by atoms with Gasteiger partial charge in [-0.25, -0.2) is 0 Å². The SMILES string of the molecule is CC(=O)N(CCNCC(O)COc1cccc2c1N(C)CN2)SCCO[N+](=O)[O-]. The van der Waals surface area contributed by atoms with Crippen molar-refractivity contribution in [3.8, 4) is 5.75 Å². The average molecular weight is 429 g/mol. The molecular formula is C17H27N5O6S. The smallest absolute Gasteiger partial charge is 0.294 e. The summed E-state index contributed by atoms with van der Waals surface area (Å²) in [7, 11) is 1.96. The minimum Gasteiger partial charge on any atom is -0.489 e. The molecular weight excluding hydrogens is 402 g/mol. The largest absolute Gasteiger partial charge is 0.489 e. The zero-order chi connectivity index (χ0) is 21.2. The molecule has 1 aliphatic rings. The van der Waals surface area contributed by atoms with Crippen LogP contribution in [0.15, 0.2) is 18.2 Å². The van der Waals surface area contributed by atoms with Gasteiger partial charge in [0.25, 0.3) is 5.09 Å². The minimum atomic E-state index is -0.859. The third-order valence-electron chi connectivity index (χ3n) is 4.07. The summed E-state index contributed by atoms with van der Waals surface area (Å²) in [5, 5.41) is 25.7. The van der Waals surface area contributed by atoms with Gasteiger partial charge in [-0.3, -0.25) is 9.10 Å². The van der Waals surface area contributed by atoms with E-state index in [0.29, 0.717) is 37.8 Å². The lowest BCUT2D eigenvalue weighted by Crippen LogP contribution is -2.36. The molecule has 0 bridgehead atoms. The first-order valence-corrected chi connectivity index (χ1v) is 10.1. The van der Waals surface area contributed by atoms with E-state index in [9.17, 15) is 20.0 Å². The highest BCUT2D eigenvalue weighted by Crippen LogP contribution is 2.38. The summed E-state index contributed by atoms with van der Waals surface area (Å²) in [5.41, 5.74) is 1.98. The third kappa shape index (κ3) is 7.48. The normalized spacial score (nSPS) is 13.4. The maximum Gasteiger partial charge on any atom is 0.294 e. The van der Waals surface area contributed by atoms with Crippen LogP contribution in [0.25, 0.3) is 0 Å². The second-order valence-electron chi connectivity index (χ2n) is 6.37. The summed E-state index contributed by atoms with van der Waals surface area (Å²) < 4.78 is 7.27. The molecule has 11 nitrogen and oxygen atoms in total. The van der Waals surface area contributed by atoms with Crippen molar-refractivity contribution in [2.75, 3.05) is 62.5 Å². The zero-order valence-corrected chi connectivity index (χ0v) is 17.3. The molecule has 1 amide bonds. The van der Waals surface area contributed by atoms with Crippen LogP contribution in [0.3, 0.4) is 0 Å². The molecule has 0 aliphatic carbocycles. The van der Waals surface area contributed by atoms with Gasteiger partial charge < -0.3 is 30.2 Å². The number of aliphatic hydroxyl groups is 1. The number of fused-ring (bicyclic) bond motifs is 1. The molecule has 2 rings (SSSR count). The lowest BCUT2D eigenvalue weighted by molar-refractivity contribution is -0.756. The molecule has 1 aromatic carbocycles. The Morgan fingerprint density at radius 2 is 2.34 bits per heavy atom. The Hall–Kier alpha value is -2.44. The fourth-order valence-electron chi connectivity index (χ4n) is 2.72. The van der Waals surface area contributed by atoms with Gasteiger partial charge >= 0.3 is 0 Å². The second-order valence-corrected chi connectivity index (χ2v) is 7.47. The molecule has 12 heteroatoms. The average Bonchev–Trinajstić information content (AvgIpc) is 3.06. The molecule has 0 saturated heterocycles. The lowest BCUT2D eigenvalue weighted by Gasteiger charge is -2.20. The van der Waals surface area contributed by atoms with Gasteiger partial charge in [0.2, 0.25) is 5.91 Å². The van der Waals surface area contributed by atoms with Crippen LogP contribution in [0.5, 0.6) is 5.75 Å². The Morgan fingerprint density at radius 1 is 1.55 bits per heavy atom. The van der Waals surface area contributed by atoms with Crippen LogP contribution < -0.4 is 20.3 Å². The maximum absolute atomic E-state index is 11.6.